The summed E-state index contributed by atoms with van der Waals surface area (Å²) < 4.78 is 12.4. The first-order valence-corrected chi connectivity index (χ1v) is 13.3. The fourth-order valence-electron chi connectivity index (χ4n) is 6.62. The molecule has 11 heteroatoms. The number of nitrogens with zero attached hydrogens (tertiary/aromatic N) is 1. The van der Waals surface area contributed by atoms with Gasteiger partial charge in [0.05, 0.1) is 11.6 Å². The molecule has 7 N–H and O–H groups in total. The Balaban J connectivity index is 1.63. The van der Waals surface area contributed by atoms with Crippen LogP contribution in [-0.4, -0.2) is 81.8 Å². The molecule has 0 radical (unpaired) electrons. The van der Waals surface area contributed by atoms with E-state index in [1.807, 2.05) is 24.3 Å². The zero-order chi connectivity index (χ0) is 29.8. The van der Waals surface area contributed by atoms with Crippen LogP contribution in [0.1, 0.15) is 23.1 Å². The van der Waals surface area contributed by atoms with Crippen LogP contribution in [-0.2, 0) is 27.3 Å². The van der Waals surface area contributed by atoms with Crippen molar-refractivity contribution in [2.45, 2.75) is 31.0 Å². The van der Waals surface area contributed by atoms with Crippen molar-refractivity contribution in [1.82, 2.24) is 10.2 Å². The van der Waals surface area contributed by atoms with E-state index in [0.717, 1.165) is 11.1 Å². The number of phenols is 1. The fourth-order valence-corrected chi connectivity index (χ4v) is 6.62. The lowest BCUT2D eigenvalue weighted by molar-refractivity contribution is -0.153. The number of phenolic OH excluding ortho intramolecular Hbond substituents is 1. The van der Waals surface area contributed by atoms with Gasteiger partial charge in [-0.25, -0.2) is 4.39 Å². The summed E-state index contributed by atoms with van der Waals surface area (Å²) in [5, 5.41) is 47.8. The molecule has 5 rings (SSSR count). The number of aliphatic hydroxyl groups excluding tert-OH is 2. The molecule has 0 aromatic heterocycles. The minimum Gasteiger partial charge on any atom is -0.508 e. The monoisotopic (exact) mass is 565 g/mol. The second-order valence-electron chi connectivity index (χ2n) is 11.0. The molecule has 41 heavy (non-hydrogen) atoms. The third-order valence-corrected chi connectivity index (χ3v) is 8.47. The number of amides is 1. The minimum absolute atomic E-state index is 0.0139. The number of ketones is 2. The fraction of sp³-hybridized carbons (Fsp3) is 0.367. The average molecular weight is 566 g/mol. The maximum atomic E-state index is 13.9. The quantitative estimate of drug-likeness (QED) is 0.216. The number of carbonyl (C=O) groups is 3. The third kappa shape index (κ3) is 4.32. The van der Waals surface area contributed by atoms with Crippen LogP contribution in [0.2, 0.25) is 0 Å². The van der Waals surface area contributed by atoms with Crippen LogP contribution in [0.25, 0.3) is 16.9 Å². The van der Waals surface area contributed by atoms with E-state index in [1.165, 1.54) is 11.0 Å². The molecule has 0 spiro atoms. The lowest BCUT2D eigenvalue weighted by Crippen LogP contribution is -2.65. The first kappa shape index (κ1) is 28.5. The number of nitrogens with two attached hydrogens (primary N) is 1. The molecule has 1 saturated carbocycles. The maximum absolute atomic E-state index is 13.9. The predicted molar refractivity (Wildman–Crippen MR) is 147 cm³/mol. The van der Waals surface area contributed by atoms with E-state index in [1.54, 1.807) is 20.2 Å². The number of benzene rings is 2. The molecule has 1 fully saturated rings. The zero-order valence-electron chi connectivity index (χ0n) is 22.6. The number of alkyl halides is 1. The second kappa shape index (κ2) is 10.4. The first-order chi connectivity index (χ1) is 19.4. The number of rotatable bonds is 7. The molecule has 2 aromatic carbocycles. The van der Waals surface area contributed by atoms with Gasteiger partial charge in [-0.05, 0) is 61.2 Å². The summed E-state index contributed by atoms with van der Waals surface area (Å²) in [7, 11) is 3.11. The van der Waals surface area contributed by atoms with E-state index in [2.05, 4.69) is 5.32 Å². The Labute approximate surface area is 235 Å². The maximum Gasteiger partial charge on any atom is 0.255 e. The second-order valence-corrected chi connectivity index (χ2v) is 11.0. The Morgan fingerprint density at radius 1 is 1.12 bits per heavy atom. The largest absolute Gasteiger partial charge is 0.508 e. The Hall–Kier alpha value is -4.06. The lowest BCUT2D eigenvalue weighted by Gasteiger charge is -2.50. The van der Waals surface area contributed by atoms with Crippen molar-refractivity contribution < 1.29 is 39.2 Å². The van der Waals surface area contributed by atoms with Gasteiger partial charge in [0.25, 0.3) is 5.91 Å². The van der Waals surface area contributed by atoms with Gasteiger partial charge in [0.1, 0.15) is 29.5 Å². The van der Waals surface area contributed by atoms with Crippen LogP contribution in [0, 0.1) is 11.8 Å². The summed E-state index contributed by atoms with van der Waals surface area (Å²) in [4.78, 5) is 40.8. The van der Waals surface area contributed by atoms with Gasteiger partial charge >= 0.3 is 0 Å². The van der Waals surface area contributed by atoms with Crippen LogP contribution in [0.15, 0.2) is 53.3 Å². The van der Waals surface area contributed by atoms with E-state index in [4.69, 9.17) is 5.73 Å². The van der Waals surface area contributed by atoms with Gasteiger partial charge in [-0.2, -0.15) is 0 Å². The van der Waals surface area contributed by atoms with Crippen molar-refractivity contribution in [2.24, 2.45) is 17.6 Å². The van der Waals surface area contributed by atoms with E-state index < -0.39 is 64.7 Å². The third-order valence-electron chi connectivity index (χ3n) is 8.47. The smallest absolute Gasteiger partial charge is 0.255 e. The highest BCUT2D eigenvalue weighted by Crippen LogP contribution is 2.53. The first-order valence-electron chi connectivity index (χ1n) is 13.3. The number of fused-ring (bicyclic) bond motifs is 3. The van der Waals surface area contributed by atoms with Crippen molar-refractivity contribution in [3.8, 4) is 16.9 Å². The van der Waals surface area contributed by atoms with Gasteiger partial charge in [0.2, 0.25) is 5.78 Å². The number of aromatic hydroxyl groups is 1. The summed E-state index contributed by atoms with van der Waals surface area (Å²) in [6.07, 6.45) is 0.206. The molecule has 216 valence electrons. The number of halogens is 1. The number of nitrogens with one attached hydrogen (secondary N) is 1. The Morgan fingerprint density at radius 3 is 2.41 bits per heavy atom. The van der Waals surface area contributed by atoms with E-state index in [0.29, 0.717) is 17.7 Å². The average Bonchev–Trinajstić information content (AvgIpc) is 2.91. The summed E-state index contributed by atoms with van der Waals surface area (Å²) in [5.74, 6) is -6.85. The number of primary amides is 1. The lowest BCUT2D eigenvalue weighted by atomic mass is 9.57. The molecule has 10 nitrogen and oxygen atoms in total. The van der Waals surface area contributed by atoms with Crippen molar-refractivity contribution in [3.63, 3.8) is 0 Å². The standard InChI is InChI=1S/C30H32FN3O7/c1-34(2)24-19-12-16-11-18-17(15-5-3-14(4-6-15)13-33-10-9-31)7-8-20(35)22(18)25(36)21(16)27(38)30(19,41)28(39)23(26(24)37)29(32)40/h3-8,16,19,24,33,35-36,39,41H,9-13H2,1-2H3,(H2,32,40)/t16-,19-,24-,30-/m0/s1. The Morgan fingerprint density at radius 2 is 1.80 bits per heavy atom. The van der Waals surface area contributed by atoms with E-state index in [-0.39, 0.29) is 36.3 Å². The summed E-state index contributed by atoms with van der Waals surface area (Å²) >= 11 is 0. The summed E-state index contributed by atoms with van der Waals surface area (Å²) in [5.41, 5.74) is 4.70. The highest BCUT2D eigenvalue weighted by molar-refractivity contribution is 6.24. The van der Waals surface area contributed by atoms with Crippen molar-refractivity contribution >= 4 is 23.2 Å². The molecule has 0 heterocycles. The number of likely N-dealkylation sites (N-methyl/N-ethyl adjacent to an activating group) is 1. The van der Waals surface area contributed by atoms with Gasteiger partial charge < -0.3 is 31.5 Å². The van der Waals surface area contributed by atoms with Gasteiger partial charge in [-0.3, -0.25) is 19.3 Å². The molecule has 0 unspecified atom stereocenters. The van der Waals surface area contributed by atoms with Crippen molar-refractivity contribution in [2.75, 3.05) is 27.3 Å². The minimum atomic E-state index is -2.68. The Bertz CT molecular complexity index is 1510. The van der Waals surface area contributed by atoms with Crippen molar-refractivity contribution in [3.05, 3.63) is 70.0 Å². The topological polar surface area (TPSA) is 173 Å². The van der Waals surface area contributed by atoms with Crippen LogP contribution in [0.4, 0.5) is 4.39 Å². The number of hydrogen-bond donors (Lipinski definition) is 6. The predicted octanol–water partition coefficient (Wildman–Crippen LogP) is 1.69. The molecule has 0 saturated heterocycles. The molecular formula is C30H32FN3O7. The van der Waals surface area contributed by atoms with Crippen LogP contribution in [0.5, 0.6) is 5.75 Å². The van der Waals surface area contributed by atoms with Crippen LogP contribution < -0.4 is 11.1 Å². The molecule has 0 bridgehead atoms. The van der Waals surface area contributed by atoms with Gasteiger partial charge in [0, 0.05) is 24.6 Å². The van der Waals surface area contributed by atoms with E-state index in [9.17, 15) is 39.2 Å². The van der Waals surface area contributed by atoms with Gasteiger partial charge in [-0.15, -0.1) is 0 Å². The highest BCUT2D eigenvalue weighted by Gasteiger charge is 2.64. The number of hydrogen-bond acceptors (Lipinski definition) is 9. The molecule has 3 aliphatic carbocycles. The number of aliphatic hydroxyl groups is 3. The van der Waals surface area contributed by atoms with Crippen LogP contribution >= 0.6 is 0 Å². The molecule has 4 atom stereocenters. The van der Waals surface area contributed by atoms with E-state index >= 15 is 0 Å². The highest BCUT2D eigenvalue weighted by atomic mass is 19.1. The van der Waals surface area contributed by atoms with Crippen molar-refractivity contribution in [1.29, 1.82) is 0 Å². The molecule has 0 aliphatic heterocycles. The summed E-state index contributed by atoms with van der Waals surface area (Å²) in [6.45, 7) is 0.267. The van der Waals surface area contributed by atoms with Crippen LogP contribution in [0.3, 0.4) is 0 Å². The number of Topliss-reactive ketones (excluding diaryl/α,β-unsaturated/α-hetero) is 2. The molecule has 3 aliphatic rings. The van der Waals surface area contributed by atoms with Gasteiger partial charge in [-0.1, -0.05) is 30.3 Å². The molecular weight excluding hydrogens is 533 g/mol. The zero-order valence-corrected chi connectivity index (χ0v) is 22.6. The normalized spacial score (nSPS) is 25.7. The SMILES string of the molecule is CN(C)[C@@H]1C(=O)C(C(N)=O)=C(O)[C@@]2(O)C(=O)C3=C(O)c4c(O)ccc(-c5ccc(CNCCF)cc5)c4C[C@H]3C[C@@H]12. The Kier molecular flexibility index (Phi) is 7.22. The number of carbonyl (C=O) groups excluding carboxylic acids is 3. The molecule has 2 aromatic rings. The summed E-state index contributed by atoms with van der Waals surface area (Å²) in [6, 6.07) is 9.48. The van der Waals surface area contributed by atoms with Gasteiger partial charge in [0.15, 0.2) is 11.4 Å². The molecule has 1 amide bonds.